The zero-order valence-electron chi connectivity index (χ0n) is 15.4. The Morgan fingerprint density at radius 1 is 0.609 bits per heavy atom. The quantitative estimate of drug-likeness (QED) is 0.273. The molecule has 0 N–H and O–H groups in total. The van der Waals surface area contributed by atoms with Gasteiger partial charge in [0.1, 0.15) is 0 Å². The normalized spacial score (nSPS) is 11.8. The highest BCUT2D eigenvalue weighted by Gasteiger charge is 2.21. The summed E-state index contributed by atoms with van der Waals surface area (Å²) in [6.45, 7) is 4.20. The third kappa shape index (κ3) is 9.42. The van der Waals surface area contributed by atoms with Crippen molar-refractivity contribution >= 4 is 11.9 Å². The predicted octanol–water partition coefficient (Wildman–Crippen LogP) is 4.96. The summed E-state index contributed by atoms with van der Waals surface area (Å²) in [7, 11) is 2.71. The molecule has 0 heterocycles. The van der Waals surface area contributed by atoms with Crippen molar-refractivity contribution in [3.8, 4) is 0 Å². The summed E-state index contributed by atoms with van der Waals surface area (Å²) in [6.07, 6.45) is 11.5. The van der Waals surface area contributed by atoms with Crippen LogP contribution in [0.3, 0.4) is 0 Å². The Balaban J connectivity index is 4.50. The summed E-state index contributed by atoms with van der Waals surface area (Å²) in [5.41, 5.74) is 0.969. The van der Waals surface area contributed by atoms with E-state index in [1.807, 2.05) is 6.92 Å². The van der Waals surface area contributed by atoms with Gasteiger partial charge in [-0.05, 0) is 19.3 Å². The van der Waals surface area contributed by atoms with E-state index in [2.05, 4.69) is 6.92 Å². The van der Waals surface area contributed by atoms with Crippen molar-refractivity contribution in [2.24, 2.45) is 0 Å². The van der Waals surface area contributed by atoms with E-state index >= 15 is 0 Å². The molecule has 0 aromatic carbocycles. The Labute approximate surface area is 141 Å². The minimum atomic E-state index is -0.410. The number of hydrogen-bond donors (Lipinski definition) is 0. The monoisotopic (exact) mass is 326 g/mol. The first-order valence-corrected chi connectivity index (χ1v) is 9.00. The molecule has 0 saturated carbocycles. The summed E-state index contributed by atoms with van der Waals surface area (Å²) >= 11 is 0. The second-order valence-corrected chi connectivity index (χ2v) is 5.92. The number of ether oxygens (including phenoxy) is 2. The summed E-state index contributed by atoms with van der Waals surface area (Å²) in [5, 5.41) is 0. The van der Waals surface area contributed by atoms with Crippen molar-refractivity contribution in [1.29, 1.82) is 0 Å². The Hall–Kier alpha value is -1.32. The Morgan fingerprint density at radius 3 is 1.48 bits per heavy atom. The standard InChI is InChI=1S/C19H34O4/c1-5-7-8-9-10-11-12-13-15-17(19(21)23-4)16(14-6-2)18(20)22-3/h5-15H2,1-4H3/b17-16-. The highest BCUT2D eigenvalue weighted by molar-refractivity contribution is 6.00. The number of carbonyl (C=O) groups excluding carboxylic acids is 2. The van der Waals surface area contributed by atoms with Crippen molar-refractivity contribution in [3.05, 3.63) is 11.1 Å². The summed E-state index contributed by atoms with van der Waals surface area (Å²) in [6, 6.07) is 0. The van der Waals surface area contributed by atoms with E-state index in [0.29, 0.717) is 24.0 Å². The highest BCUT2D eigenvalue weighted by atomic mass is 16.5. The lowest BCUT2D eigenvalue weighted by molar-refractivity contribution is -0.139. The number of esters is 2. The van der Waals surface area contributed by atoms with E-state index in [1.165, 1.54) is 52.7 Å². The molecule has 4 heteroatoms. The predicted molar refractivity (Wildman–Crippen MR) is 93.2 cm³/mol. The minimum Gasteiger partial charge on any atom is -0.466 e. The van der Waals surface area contributed by atoms with Crippen LogP contribution in [0.5, 0.6) is 0 Å². The topological polar surface area (TPSA) is 52.6 Å². The van der Waals surface area contributed by atoms with Crippen LogP contribution in [-0.4, -0.2) is 26.2 Å². The van der Waals surface area contributed by atoms with Crippen molar-refractivity contribution in [2.45, 2.75) is 84.5 Å². The molecule has 0 saturated heterocycles. The number of hydrogen-bond acceptors (Lipinski definition) is 4. The summed E-state index contributed by atoms with van der Waals surface area (Å²) in [4.78, 5) is 23.9. The molecule has 0 aromatic heterocycles. The molecular weight excluding hydrogens is 292 g/mol. The van der Waals surface area contributed by atoms with Crippen LogP contribution in [0, 0.1) is 0 Å². The Bertz CT molecular complexity index is 372. The zero-order valence-corrected chi connectivity index (χ0v) is 15.4. The molecule has 0 aromatic rings. The van der Waals surface area contributed by atoms with Crippen LogP contribution >= 0.6 is 0 Å². The van der Waals surface area contributed by atoms with Gasteiger partial charge in [0.05, 0.1) is 14.2 Å². The van der Waals surface area contributed by atoms with E-state index in [4.69, 9.17) is 9.47 Å². The fraction of sp³-hybridized carbons (Fsp3) is 0.789. The Morgan fingerprint density at radius 2 is 1.04 bits per heavy atom. The highest BCUT2D eigenvalue weighted by Crippen LogP contribution is 2.21. The van der Waals surface area contributed by atoms with E-state index in [-0.39, 0.29) is 0 Å². The van der Waals surface area contributed by atoms with Crippen molar-refractivity contribution < 1.29 is 19.1 Å². The average molecular weight is 326 g/mol. The minimum absolute atomic E-state index is 0.401. The molecule has 0 spiro atoms. The van der Waals surface area contributed by atoms with E-state index < -0.39 is 11.9 Å². The van der Waals surface area contributed by atoms with E-state index in [1.54, 1.807) is 0 Å². The van der Waals surface area contributed by atoms with Crippen LogP contribution in [0.2, 0.25) is 0 Å². The fourth-order valence-electron chi connectivity index (χ4n) is 2.68. The van der Waals surface area contributed by atoms with Crippen LogP contribution in [0.25, 0.3) is 0 Å². The lowest BCUT2D eigenvalue weighted by Gasteiger charge is -2.12. The zero-order chi connectivity index (χ0) is 17.5. The van der Waals surface area contributed by atoms with Crippen LogP contribution in [0.4, 0.5) is 0 Å². The van der Waals surface area contributed by atoms with Crippen LogP contribution in [-0.2, 0) is 19.1 Å². The first-order chi connectivity index (χ1) is 11.1. The fourth-order valence-corrected chi connectivity index (χ4v) is 2.68. The van der Waals surface area contributed by atoms with Gasteiger partial charge in [0.15, 0.2) is 0 Å². The third-order valence-corrected chi connectivity index (χ3v) is 4.01. The first-order valence-electron chi connectivity index (χ1n) is 9.00. The molecule has 0 fully saturated rings. The van der Waals surface area contributed by atoms with Gasteiger partial charge in [0.2, 0.25) is 0 Å². The molecule has 0 atom stereocenters. The van der Waals surface area contributed by atoms with Crippen LogP contribution < -0.4 is 0 Å². The summed E-state index contributed by atoms with van der Waals surface area (Å²) < 4.78 is 9.67. The number of unbranched alkanes of at least 4 members (excludes halogenated alkanes) is 7. The van der Waals surface area contributed by atoms with Crippen molar-refractivity contribution in [3.63, 3.8) is 0 Å². The largest absolute Gasteiger partial charge is 0.466 e. The van der Waals surface area contributed by atoms with Crippen molar-refractivity contribution in [1.82, 2.24) is 0 Å². The molecule has 134 valence electrons. The maximum absolute atomic E-state index is 12.0. The first kappa shape index (κ1) is 21.7. The molecule has 23 heavy (non-hydrogen) atoms. The van der Waals surface area contributed by atoms with Crippen molar-refractivity contribution in [2.75, 3.05) is 14.2 Å². The van der Waals surface area contributed by atoms with Gasteiger partial charge in [0.25, 0.3) is 0 Å². The maximum atomic E-state index is 12.0. The van der Waals surface area contributed by atoms with Crippen LogP contribution in [0.1, 0.15) is 84.5 Å². The van der Waals surface area contributed by atoms with Gasteiger partial charge in [-0.15, -0.1) is 0 Å². The van der Waals surface area contributed by atoms with Gasteiger partial charge in [-0.2, -0.15) is 0 Å². The van der Waals surface area contributed by atoms with Gasteiger partial charge < -0.3 is 9.47 Å². The van der Waals surface area contributed by atoms with E-state index in [9.17, 15) is 9.59 Å². The molecule has 0 bridgehead atoms. The third-order valence-electron chi connectivity index (χ3n) is 4.01. The average Bonchev–Trinajstić information content (AvgIpc) is 2.57. The lowest BCUT2D eigenvalue weighted by atomic mass is 9.97. The lowest BCUT2D eigenvalue weighted by Crippen LogP contribution is -2.15. The number of carbonyl (C=O) groups is 2. The molecule has 0 unspecified atom stereocenters. The van der Waals surface area contributed by atoms with Gasteiger partial charge in [-0.3, -0.25) is 0 Å². The molecule has 0 aliphatic rings. The summed E-state index contributed by atoms with van der Waals surface area (Å²) in [5.74, 6) is -0.811. The molecule has 0 aliphatic heterocycles. The maximum Gasteiger partial charge on any atom is 0.334 e. The smallest absolute Gasteiger partial charge is 0.334 e. The molecule has 0 radical (unpaired) electrons. The molecule has 0 amide bonds. The second-order valence-electron chi connectivity index (χ2n) is 5.92. The van der Waals surface area contributed by atoms with Gasteiger partial charge in [-0.25, -0.2) is 9.59 Å². The number of rotatable bonds is 13. The molecule has 0 rings (SSSR count). The Kier molecular flexibility index (Phi) is 13.5. The SMILES string of the molecule is CCCCCCCCCC/C(C(=O)OC)=C(\CCC)C(=O)OC. The number of methoxy groups -OCH3 is 2. The second kappa shape index (κ2) is 14.3. The molecule has 4 nitrogen and oxygen atoms in total. The van der Waals surface area contributed by atoms with Crippen LogP contribution in [0.15, 0.2) is 11.1 Å². The van der Waals surface area contributed by atoms with E-state index in [0.717, 1.165) is 19.3 Å². The van der Waals surface area contributed by atoms with Gasteiger partial charge >= 0.3 is 11.9 Å². The van der Waals surface area contributed by atoms with Gasteiger partial charge in [-0.1, -0.05) is 65.2 Å². The van der Waals surface area contributed by atoms with Gasteiger partial charge in [0, 0.05) is 11.1 Å². The molecular formula is C19H34O4. The molecule has 0 aliphatic carbocycles.